The third-order valence-corrected chi connectivity index (χ3v) is 4.64. The van der Waals surface area contributed by atoms with Gasteiger partial charge in [-0.1, -0.05) is 6.92 Å². The first-order chi connectivity index (χ1) is 10.4. The Labute approximate surface area is 135 Å². The molecule has 2 N–H and O–H groups in total. The summed E-state index contributed by atoms with van der Waals surface area (Å²) in [6.07, 6.45) is 1.69. The van der Waals surface area contributed by atoms with Crippen LogP contribution in [0.5, 0.6) is 5.75 Å². The Balaban J connectivity index is 1.84. The zero-order valence-electron chi connectivity index (χ0n) is 12.0. The molecule has 1 fully saturated rings. The molecule has 0 aromatic heterocycles. The summed E-state index contributed by atoms with van der Waals surface area (Å²) in [6.45, 7) is 1.98. The summed E-state index contributed by atoms with van der Waals surface area (Å²) in [5.74, 6) is -0.473. The fourth-order valence-electron chi connectivity index (χ4n) is 2.32. The van der Waals surface area contributed by atoms with Crippen LogP contribution in [0.2, 0.25) is 0 Å². The highest BCUT2D eigenvalue weighted by molar-refractivity contribution is 9.10. The molecule has 1 heterocycles. The topological polar surface area (TPSA) is 70.9 Å². The monoisotopic (exact) mass is 370 g/mol. The smallest absolute Gasteiger partial charge is 0.240 e. The number of nitrogens with one attached hydrogen (secondary N) is 1. The molecule has 1 aliphatic carbocycles. The van der Waals surface area contributed by atoms with Crippen molar-refractivity contribution in [3.8, 4) is 5.75 Å². The van der Waals surface area contributed by atoms with Crippen molar-refractivity contribution in [1.82, 2.24) is 5.43 Å². The number of hydrazone groups is 1. The Hall–Kier alpha value is -1.47. The molecule has 0 radical (unpaired) electrons. The number of ether oxygens (including phenoxy) is 1. The summed E-state index contributed by atoms with van der Waals surface area (Å²) >= 11 is 3.19. The third-order valence-electron chi connectivity index (χ3n) is 3.91. The molecule has 1 amide bonds. The van der Waals surface area contributed by atoms with Crippen molar-refractivity contribution in [2.75, 3.05) is 6.61 Å². The summed E-state index contributed by atoms with van der Waals surface area (Å²) in [7, 11) is 0. The molecule has 1 saturated carbocycles. The number of nitrogens with zero attached hydrogens (tertiary/aromatic N) is 1. The van der Waals surface area contributed by atoms with Crippen molar-refractivity contribution in [1.29, 1.82) is 0 Å². The minimum absolute atomic E-state index is 0.151. The van der Waals surface area contributed by atoms with Gasteiger partial charge in [-0.3, -0.25) is 4.79 Å². The maximum absolute atomic E-state index is 14.6. The molecule has 0 spiro atoms. The van der Waals surface area contributed by atoms with Gasteiger partial charge in [-0.25, -0.2) is 9.82 Å². The van der Waals surface area contributed by atoms with Crippen molar-refractivity contribution in [3.05, 3.63) is 28.0 Å². The molecule has 0 bridgehead atoms. The maximum Gasteiger partial charge on any atom is 0.240 e. The fourth-order valence-corrected chi connectivity index (χ4v) is 2.78. The van der Waals surface area contributed by atoms with Crippen LogP contribution in [-0.4, -0.2) is 28.9 Å². The number of hydrogen-bond donors (Lipinski definition) is 2. The molecule has 1 aromatic rings. The van der Waals surface area contributed by atoms with E-state index in [2.05, 4.69) is 26.5 Å². The van der Waals surface area contributed by atoms with E-state index in [1.807, 2.05) is 6.92 Å². The van der Waals surface area contributed by atoms with Gasteiger partial charge >= 0.3 is 0 Å². The number of halogens is 2. The van der Waals surface area contributed by atoms with Crippen molar-refractivity contribution in [2.45, 2.75) is 31.8 Å². The summed E-state index contributed by atoms with van der Waals surface area (Å²) in [6, 6.07) is 3.22. The lowest BCUT2D eigenvalue weighted by atomic mass is 9.94. The maximum atomic E-state index is 14.6. The van der Waals surface area contributed by atoms with Gasteiger partial charge in [0.2, 0.25) is 5.91 Å². The Morgan fingerprint density at radius 3 is 2.91 bits per heavy atom. The molecular weight excluding hydrogens is 355 g/mol. The minimum Gasteiger partial charge on any atom is -0.489 e. The minimum atomic E-state index is -0.763. The molecular formula is C15H16BrFN2O3. The standard InChI is InChI=1S/C15H16BrFN2O3/c1-8-6-11(20)18-19-14(8)9-2-3-10(12(16)13(9)17)22-7-15(21)4-5-15/h2-3,8,21H,4-7H2,1H3,(H,18,20). The second-order valence-corrected chi connectivity index (χ2v) is 6.68. The van der Waals surface area contributed by atoms with Crippen LogP contribution in [0.4, 0.5) is 4.39 Å². The number of amides is 1. The number of hydrogen-bond acceptors (Lipinski definition) is 4. The average Bonchev–Trinajstić information content (AvgIpc) is 3.20. The predicted octanol–water partition coefficient (Wildman–Crippen LogP) is 2.35. The predicted molar refractivity (Wildman–Crippen MR) is 82.2 cm³/mol. The lowest BCUT2D eigenvalue weighted by Crippen LogP contribution is -2.32. The van der Waals surface area contributed by atoms with Gasteiger partial charge in [-0.05, 0) is 40.9 Å². The van der Waals surface area contributed by atoms with Crippen molar-refractivity contribution in [2.24, 2.45) is 11.0 Å². The van der Waals surface area contributed by atoms with Crippen molar-refractivity contribution >= 4 is 27.5 Å². The number of benzene rings is 1. The van der Waals surface area contributed by atoms with E-state index in [0.717, 1.165) is 0 Å². The molecule has 2 aliphatic rings. The van der Waals surface area contributed by atoms with E-state index in [4.69, 9.17) is 4.74 Å². The first-order valence-electron chi connectivity index (χ1n) is 7.09. The number of carbonyl (C=O) groups excluding carboxylic acids is 1. The quantitative estimate of drug-likeness (QED) is 0.854. The Kier molecular flexibility index (Phi) is 3.94. The summed E-state index contributed by atoms with van der Waals surface area (Å²) < 4.78 is 20.2. The summed E-state index contributed by atoms with van der Waals surface area (Å²) in [4.78, 5) is 11.3. The fraction of sp³-hybridized carbons (Fsp3) is 0.467. The van der Waals surface area contributed by atoms with Crippen LogP contribution in [0.1, 0.15) is 31.7 Å². The molecule has 1 unspecified atom stereocenters. The molecule has 5 nitrogen and oxygen atoms in total. The third kappa shape index (κ3) is 3.01. The highest BCUT2D eigenvalue weighted by Crippen LogP contribution is 2.37. The van der Waals surface area contributed by atoms with Gasteiger partial charge in [-0.15, -0.1) is 0 Å². The van der Waals surface area contributed by atoms with Crippen LogP contribution in [0.3, 0.4) is 0 Å². The van der Waals surface area contributed by atoms with E-state index in [1.165, 1.54) is 0 Å². The van der Waals surface area contributed by atoms with Crippen LogP contribution in [0.25, 0.3) is 0 Å². The molecule has 3 rings (SSSR count). The molecule has 7 heteroatoms. The second-order valence-electron chi connectivity index (χ2n) is 5.89. The van der Waals surface area contributed by atoms with Gasteiger partial charge in [0.05, 0.1) is 15.8 Å². The SMILES string of the molecule is CC1CC(=O)NN=C1c1ccc(OCC2(O)CC2)c(Br)c1F. The van der Waals surface area contributed by atoms with Gasteiger partial charge < -0.3 is 9.84 Å². The molecule has 1 aliphatic heterocycles. The van der Waals surface area contributed by atoms with Gasteiger partial charge in [0, 0.05) is 17.9 Å². The highest BCUT2D eigenvalue weighted by atomic mass is 79.9. The van der Waals surface area contributed by atoms with E-state index < -0.39 is 11.4 Å². The zero-order valence-corrected chi connectivity index (χ0v) is 13.6. The van der Waals surface area contributed by atoms with Crippen molar-refractivity contribution < 1.29 is 19.0 Å². The molecule has 1 atom stereocenters. The Morgan fingerprint density at radius 1 is 1.55 bits per heavy atom. The number of aliphatic hydroxyl groups is 1. The van der Waals surface area contributed by atoms with Gasteiger partial charge in [-0.2, -0.15) is 5.10 Å². The summed E-state index contributed by atoms with van der Waals surface area (Å²) in [5.41, 5.74) is 2.45. The number of rotatable bonds is 4. The lowest BCUT2D eigenvalue weighted by molar-refractivity contribution is -0.121. The Bertz CT molecular complexity index is 658. The first-order valence-corrected chi connectivity index (χ1v) is 7.89. The van der Waals surface area contributed by atoms with E-state index in [0.29, 0.717) is 29.9 Å². The van der Waals surface area contributed by atoms with E-state index in [-0.39, 0.29) is 29.3 Å². The number of carbonyl (C=O) groups is 1. The van der Waals surface area contributed by atoms with Crippen LogP contribution in [-0.2, 0) is 4.79 Å². The molecule has 0 saturated heterocycles. The van der Waals surface area contributed by atoms with Crippen LogP contribution >= 0.6 is 15.9 Å². The van der Waals surface area contributed by atoms with Crippen LogP contribution < -0.4 is 10.2 Å². The van der Waals surface area contributed by atoms with E-state index in [1.54, 1.807) is 12.1 Å². The zero-order chi connectivity index (χ0) is 15.9. The molecule has 118 valence electrons. The Morgan fingerprint density at radius 2 is 2.27 bits per heavy atom. The lowest BCUT2D eigenvalue weighted by Gasteiger charge is -2.20. The van der Waals surface area contributed by atoms with Crippen LogP contribution in [0, 0.1) is 11.7 Å². The largest absolute Gasteiger partial charge is 0.489 e. The summed E-state index contributed by atoms with van der Waals surface area (Å²) in [5, 5.41) is 13.7. The average molecular weight is 371 g/mol. The second kappa shape index (κ2) is 5.62. The van der Waals surface area contributed by atoms with Crippen molar-refractivity contribution in [3.63, 3.8) is 0 Å². The van der Waals surface area contributed by atoms with E-state index >= 15 is 0 Å². The highest BCUT2D eigenvalue weighted by Gasteiger charge is 2.41. The first kappa shape index (κ1) is 15.4. The normalized spacial score (nSPS) is 22.8. The van der Waals surface area contributed by atoms with Gasteiger partial charge in [0.25, 0.3) is 0 Å². The molecule has 1 aromatic carbocycles. The van der Waals surface area contributed by atoms with E-state index in [9.17, 15) is 14.3 Å². The van der Waals surface area contributed by atoms with Gasteiger partial charge in [0.1, 0.15) is 18.2 Å². The van der Waals surface area contributed by atoms with Gasteiger partial charge in [0.15, 0.2) is 0 Å². The molecule has 22 heavy (non-hydrogen) atoms. The van der Waals surface area contributed by atoms with Crippen LogP contribution in [0.15, 0.2) is 21.7 Å².